The lowest BCUT2D eigenvalue weighted by atomic mass is 9.88. The zero-order valence-electron chi connectivity index (χ0n) is 18.9. The fourth-order valence-electron chi connectivity index (χ4n) is 3.87. The molecular formula is C26H34N2O3. The molecule has 1 heterocycles. The van der Waals surface area contributed by atoms with Gasteiger partial charge in [0.15, 0.2) is 0 Å². The Hall–Kier alpha value is -2.82. The van der Waals surface area contributed by atoms with Crippen molar-refractivity contribution in [1.82, 2.24) is 0 Å². The lowest BCUT2D eigenvalue weighted by Gasteiger charge is -2.24. The second kappa shape index (κ2) is 11.5. The molecule has 0 bridgehead atoms. The molecule has 5 nitrogen and oxygen atoms in total. The molecule has 3 rings (SSSR count). The summed E-state index contributed by atoms with van der Waals surface area (Å²) in [5, 5.41) is 2.80. The predicted octanol–water partition coefficient (Wildman–Crippen LogP) is 6.39. The smallest absolute Gasteiger partial charge is 0.411 e. The van der Waals surface area contributed by atoms with Crippen LogP contribution in [0.4, 0.5) is 10.5 Å². The Bertz CT molecular complexity index is 890. The van der Waals surface area contributed by atoms with E-state index in [9.17, 15) is 4.79 Å². The Morgan fingerprint density at radius 3 is 2.55 bits per heavy atom. The van der Waals surface area contributed by atoms with E-state index in [-0.39, 0.29) is 6.04 Å². The number of rotatable bonds is 10. The molecule has 2 aromatic rings. The molecule has 0 aromatic heterocycles. The minimum absolute atomic E-state index is 0.283. The summed E-state index contributed by atoms with van der Waals surface area (Å²) in [6.45, 7) is 4.79. The van der Waals surface area contributed by atoms with E-state index >= 15 is 0 Å². The SMILES string of the molecule is CCCCCOC(=O)Nc1ccc(C2=NC(CCCC)Cc3cc(OC)ccc32)cc1. The number of hydrogen-bond donors (Lipinski definition) is 1. The quantitative estimate of drug-likeness (QED) is 0.452. The van der Waals surface area contributed by atoms with Crippen molar-refractivity contribution in [3.8, 4) is 5.75 Å². The van der Waals surface area contributed by atoms with Crippen molar-refractivity contribution in [3.63, 3.8) is 0 Å². The number of carbonyl (C=O) groups is 1. The van der Waals surface area contributed by atoms with Crippen molar-refractivity contribution in [2.75, 3.05) is 19.0 Å². The van der Waals surface area contributed by atoms with Crippen LogP contribution in [-0.2, 0) is 11.2 Å². The number of anilines is 1. The first-order valence-corrected chi connectivity index (χ1v) is 11.4. The number of methoxy groups -OCH3 is 1. The van der Waals surface area contributed by atoms with Gasteiger partial charge in [0.1, 0.15) is 5.75 Å². The number of fused-ring (bicyclic) bond motifs is 1. The normalized spacial score (nSPS) is 15.1. The highest BCUT2D eigenvalue weighted by molar-refractivity contribution is 6.14. The standard InChI is InChI=1S/C26H34N2O3/c1-4-6-8-16-31-26(29)28-21-12-10-19(11-13-21)25-24-15-14-23(30-3)18-20(24)17-22(27-25)9-7-5-2/h10-15,18,22H,4-9,16-17H2,1-3H3,(H,28,29). The average Bonchev–Trinajstić information content (AvgIpc) is 2.80. The molecule has 1 atom stereocenters. The second-order valence-corrected chi connectivity index (χ2v) is 8.05. The highest BCUT2D eigenvalue weighted by Gasteiger charge is 2.22. The first-order chi connectivity index (χ1) is 15.1. The van der Waals surface area contributed by atoms with Crippen LogP contribution in [0.25, 0.3) is 0 Å². The number of unbranched alkanes of at least 4 members (excludes halogenated alkanes) is 3. The van der Waals surface area contributed by atoms with Gasteiger partial charge in [-0.05, 0) is 55.2 Å². The zero-order valence-corrected chi connectivity index (χ0v) is 18.9. The van der Waals surface area contributed by atoms with Gasteiger partial charge in [-0.15, -0.1) is 0 Å². The van der Waals surface area contributed by atoms with Crippen molar-refractivity contribution >= 4 is 17.5 Å². The highest BCUT2D eigenvalue weighted by atomic mass is 16.5. The monoisotopic (exact) mass is 422 g/mol. The largest absolute Gasteiger partial charge is 0.497 e. The number of amides is 1. The molecule has 0 saturated heterocycles. The Morgan fingerprint density at radius 2 is 1.84 bits per heavy atom. The van der Waals surface area contributed by atoms with Gasteiger partial charge < -0.3 is 9.47 Å². The fourth-order valence-corrected chi connectivity index (χ4v) is 3.87. The number of nitrogens with zero attached hydrogens (tertiary/aromatic N) is 1. The number of ether oxygens (including phenoxy) is 2. The summed E-state index contributed by atoms with van der Waals surface area (Å²) >= 11 is 0. The molecular weight excluding hydrogens is 388 g/mol. The maximum atomic E-state index is 12.0. The summed E-state index contributed by atoms with van der Waals surface area (Å²) in [7, 11) is 1.70. The Morgan fingerprint density at radius 1 is 1.06 bits per heavy atom. The maximum absolute atomic E-state index is 12.0. The summed E-state index contributed by atoms with van der Waals surface area (Å²) in [5.41, 5.74) is 5.22. The molecule has 1 aliphatic heterocycles. The van der Waals surface area contributed by atoms with Crippen LogP contribution in [0, 0.1) is 0 Å². The number of nitrogens with one attached hydrogen (secondary N) is 1. The van der Waals surface area contributed by atoms with E-state index in [0.29, 0.717) is 6.61 Å². The van der Waals surface area contributed by atoms with E-state index in [4.69, 9.17) is 14.5 Å². The van der Waals surface area contributed by atoms with Crippen molar-refractivity contribution in [3.05, 3.63) is 59.2 Å². The molecule has 166 valence electrons. The van der Waals surface area contributed by atoms with Gasteiger partial charge >= 0.3 is 6.09 Å². The molecule has 1 amide bonds. The number of aliphatic imine (C=N–C) groups is 1. The first-order valence-electron chi connectivity index (χ1n) is 11.4. The molecule has 1 aliphatic rings. The van der Waals surface area contributed by atoms with Gasteiger partial charge in [-0.1, -0.05) is 51.7 Å². The van der Waals surface area contributed by atoms with Gasteiger partial charge in [-0.2, -0.15) is 0 Å². The molecule has 5 heteroatoms. The summed E-state index contributed by atoms with van der Waals surface area (Å²) in [6, 6.07) is 14.4. The third-order valence-electron chi connectivity index (χ3n) is 5.61. The maximum Gasteiger partial charge on any atom is 0.411 e. The van der Waals surface area contributed by atoms with Gasteiger partial charge in [0.25, 0.3) is 0 Å². The Balaban J connectivity index is 1.75. The van der Waals surface area contributed by atoms with E-state index in [0.717, 1.165) is 60.4 Å². The van der Waals surface area contributed by atoms with Crippen LogP contribution >= 0.6 is 0 Å². The molecule has 0 fully saturated rings. The molecule has 0 aliphatic carbocycles. The molecule has 1 N–H and O–H groups in total. The van der Waals surface area contributed by atoms with Gasteiger partial charge in [0, 0.05) is 16.8 Å². The van der Waals surface area contributed by atoms with E-state index in [1.165, 1.54) is 18.4 Å². The van der Waals surface area contributed by atoms with Crippen LogP contribution in [-0.4, -0.2) is 31.6 Å². The van der Waals surface area contributed by atoms with Gasteiger partial charge in [-0.3, -0.25) is 10.3 Å². The molecule has 0 saturated carbocycles. The van der Waals surface area contributed by atoms with Gasteiger partial charge in [-0.25, -0.2) is 4.79 Å². The van der Waals surface area contributed by atoms with Crippen molar-refractivity contribution in [1.29, 1.82) is 0 Å². The highest BCUT2D eigenvalue weighted by Crippen LogP contribution is 2.29. The zero-order chi connectivity index (χ0) is 22.1. The Kier molecular flexibility index (Phi) is 8.51. The molecule has 0 spiro atoms. The van der Waals surface area contributed by atoms with Gasteiger partial charge in [0.2, 0.25) is 0 Å². The van der Waals surface area contributed by atoms with Crippen LogP contribution in [0.1, 0.15) is 69.1 Å². The molecule has 1 unspecified atom stereocenters. The summed E-state index contributed by atoms with van der Waals surface area (Å²) in [5.74, 6) is 0.881. The predicted molar refractivity (Wildman–Crippen MR) is 127 cm³/mol. The van der Waals surface area contributed by atoms with Gasteiger partial charge in [0.05, 0.1) is 25.5 Å². The van der Waals surface area contributed by atoms with Crippen LogP contribution in [0.15, 0.2) is 47.5 Å². The van der Waals surface area contributed by atoms with Crippen LogP contribution in [0.3, 0.4) is 0 Å². The minimum atomic E-state index is -0.407. The second-order valence-electron chi connectivity index (χ2n) is 8.05. The Labute approximate surface area is 185 Å². The lowest BCUT2D eigenvalue weighted by Crippen LogP contribution is -2.22. The van der Waals surface area contributed by atoms with E-state index in [1.54, 1.807) is 7.11 Å². The third kappa shape index (κ3) is 6.33. The number of benzene rings is 2. The van der Waals surface area contributed by atoms with E-state index in [2.05, 4.69) is 31.3 Å². The van der Waals surface area contributed by atoms with E-state index in [1.807, 2.05) is 30.3 Å². The topological polar surface area (TPSA) is 59.9 Å². The third-order valence-corrected chi connectivity index (χ3v) is 5.61. The molecule has 2 aromatic carbocycles. The van der Waals surface area contributed by atoms with Crippen molar-refractivity contribution in [2.24, 2.45) is 4.99 Å². The number of hydrogen-bond acceptors (Lipinski definition) is 4. The summed E-state index contributed by atoms with van der Waals surface area (Å²) in [6.07, 6.45) is 7.02. The van der Waals surface area contributed by atoms with Crippen LogP contribution in [0.2, 0.25) is 0 Å². The van der Waals surface area contributed by atoms with Crippen molar-refractivity contribution < 1.29 is 14.3 Å². The molecule has 0 radical (unpaired) electrons. The lowest BCUT2D eigenvalue weighted by molar-refractivity contribution is 0.159. The van der Waals surface area contributed by atoms with E-state index < -0.39 is 6.09 Å². The minimum Gasteiger partial charge on any atom is -0.497 e. The summed E-state index contributed by atoms with van der Waals surface area (Å²) < 4.78 is 10.7. The van der Waals surface area contributed by atoms with Crippen LogP contribution in [0.5, 0.6) is 5.75 Å². The first kappa shape index (κ1) is 22.9. The van der Waals surface area contributed by atoms with Crippen LogP contribution < -0.4 is 10.1 Å². The average molecular weight is 423 g/mol. The fraction of sp³-hybridized carbons (Fsp3) is 0.462. The summed E-state index contributed by atoms with van der Waals surface area (Å²) in [4.78, 5) is 17.1. The number of carbonyl (C=O) groups excluding carboxylic acids is 1. The molecule has 31 heavy (non-hydrogen) atoms. The van der Waals surface area contributed by atoms with Crippen molar-refractivity contribution in [2.45, 2.75) is 64.8 Å².